The van der Waals surface area contributed by atoms with Crippen LogP contribution in [0, 0.1) is 28.9 Å². The first-order valence-corrected chi connectivity index (χ1v) is 13.4. The van der Waals surface area contributed by atoms with Crippen LogP contribution in [0.1, 0.15) is 93.9 Å². The molecule has 0 amide bonds. The number of hydrogen-bond acceptors (Lipinski definition) is 2. The summed E-state index contributed by atoms with van der Waals surface area (Å²) in [7, 11) is 0. The molecule has 3 aromatic rings. The molecule has 0 saturated heterocycles. The van der Waals surface area contributed by atoms with E-state index < -0.39 is 5.82 Å². The average molecular weight is 478 g/mol. The molecule has 0 radical (unpaired) electrons. The van der Waals surface area contributed by atoms with Gasteiger partial charge in [-0.15, -0.1) is 0 Å². The van der Waals surface area contributed by atoms with Crippen molar-refractivity contribution in [2.75, 3.05) is 5.73 Å². The minimum absolute atomic E-state index is 0.0483. The summed E-state index contributed by atoms with van der Waals surface area (Å²) < 4.78 is 32.0. The molecule has 186 valence electrons. The molecule has 2 aliphatic carbocycles. The van der Waals surface area contributed by atoms with Crippen molar-refractivity contribution in [1.82, 2.24) is 4.57 Å². The van der Waals surface area contributed by atoms with Crippen LogP contribution >= 0.6 is 0 Å². The number of hydrogen-bond donors (Lipinski definition) is 2. The summed E-state index contributed by atoms with van der Waals surface area (Å²) in [5, 5.41) is 8.42. The first-order valence-electron chi connectivity index (χ1n) is 13.4. The molecule has 2 fully saturated rings. The fourth-order valence-electron chi connectivity index (χ4n) is 6.73. The van der Waals surface area contributed by atoms with Crippen LogP contribution in [0.15, 0.2) is 30.3 Å². The van der Waals surface area contributed by atoms with Crippen LogP contribution in [0.3, 0.4) is 0 Å². The molecule has 3 nitrogen and oxygen atoms in total. The van der Waals surface area contributed by atoms with E-state index in [1.807, 2.05) is 6.07 Å². The highest BCUT2D eigenvalue weighted by Crippen LogP contribution is 2.44. The summed E-state index contributed by atoms with van der Waals surface area (Å²) in [6, 6.07) is 8.36. The molecule has 2 saturated carbocycles. The Morgan fingerprint density at radius 2 is 1.74 bits per heavy atom. The van der Waals surface area contributed by atoms with Crippen molar-refractivity contribution in [1.29, 1.82) is 5.41 Å². The molecule has 2 aliphatic rings. The van der Waals surface area contributed by atoms with E-state index in [0.717, 1.165) is 54.6 Å². The van der Waals surface area contributed by atoms with E-state index >= 15 is 4.39 Å². The van der Waals surface area contributed by atoms with E-state index in [0.29, 0.717) is 22.8 Å². The molecule has 5 heteroatoms. The van der Waals surface area contributed by atoms with Gasteiger partial charge in [0.1, 0.15) is 5.82 Å². The van der Waals surface area contributed by atoms with Gasteiger partial charge in [-0.2, -0.15) is 0 Å². The zero-order valence-electron chi connectivity index (χ0n) is 20.8. The zero-order valence-corrected chi connectivity index (χ0v) is 20.8. The summed E-state index contributed by atoms with van der Waals surface area (Å²) in [5.41, 5.74) is 10.5. The summed E-state index contributed by atoms with van der Waals surface area (Å²) >= 11 is 0. The van der Waals surface area contributed by atoms with Gasteiger partial charge < -0.3 is 15.7 Å². The normalized spacial score (nSPS) is 21.1. The van der Waals surface area contributed by atoms with Crippen molar-refractivity contribution in [3.8, 4) is 5.69 Å². The maximum absolute atomic E-state index is 16.0. The molecule has 1 heterocycles. The fourth-order valence-corrected chi connectivity index (χ4v) is 6.73. The van der Waals surface area contributed by atoms with Crippen LogP contribution in [0.2, 0.25) is 0 Å². The van der Waals surface area contributed by atoms with Gasteiger partial charge in [0.2, 0.25) is 0 Å². The van der Waals surface area contributed by atoms with E-state index in [1.165, 1.54) is 62.8 Å². The third-order valence-electron chi connectivity index (χ3n) is 8.67. The lowest BCUT2D eigenvalue weighted by Crippen LogP contribution is -2.12. The number of aromatic nitrogens is 1. The van der Waals surface area contributed by atoms with Gasteiger partial charge >= 0.3 is 0 Å². The number of anilines is 1. The van der Waals surface area contributed by atoms with Gasteiger partial charge in [0.05, 0.1) is 11.2 Å². The molecule has 2 unspecified atom stereocenters. The molecular weight excluding hydrogens is 440 g/mol. The molecule has 5 rings (SSSR count). The van der Waals surface area contributed by atoms with Crippen molar-refractivity contribution in [2.45, 2.75) is 83.5 Å². The Hall–Kier alpha value is -2.69. The highest BCUT2D eigenvalue weighted by Gasteiger charge is 2.30. The van der Waals surface area contributed by atoms with E-state index in [2.05, 4.69) is 11.5 Å². The second-order valence-electron chi connectivity index (χ2n) is 10.7. The molecule has 2 aromatic carbocycles. The molecule has 35 heavy (non-hydrogen) atoms. The number of nitrogens with zero attached hydrogens (tertiary/aromatic N) is 1. The Bertz CT molecular complexity index is 1210. The minimum atomic E-state index is -0.410. The molecule has 0 bridgehead atoms. The first kappa shape index (κ1) is 24.0. The molecule has 0 spiro atoms. The third-order valence-corrected chi connectivity index (χ3v) is 8.67. The average Bonchev–Trinajstić information content (AvgIpc) is 3.48. The Balaban J connectivity index is 1.71. The van der Waals surface area contributed by atoms with Gasteiger partial charge in [0.25, 0.3) is 0 Å². The second-order valence-corrected chi connectivity index (χ2v) is 10.7. The Morgan fingerprint density at radius 3 is 2.40 bits per heavy atom. The Kier molecular flexibility index (Phi) is 6.95. The van der Waals surface area contributed by atoms with Crippen molar-refractivity contribution in [2.24, 2.45) is 11.8 Å². The highest BCUT2D eigenvalue weighted by molar-refractivity contribution is 5.98. The number of halogens is 2. The predicted octanol–water partition coefficient (Wildman–Crippen LogP) is 8.30. The SMILES string of the molecule is CCC1CCC(CCc2c(C3CCCCC3)n(-c3ccc(F)cc3)c3cc(C=N)c(N)c(F)c23)C1. The summed E-state index contributed by atoms with van der Waals surface area (Å²) in [6.07, 6.45) is 13.8. The Labute approximate surface area is 207 Å². The molecule has 1 aromatic heterocycles. The van der Waals surface area contributed by atoms with Gasteiger partial charge in [-0.3, -0.25) is 0 Å². The highest BCUT2D eigenvalue weighted by atomic mass is 19.1. The van der Waals surface area contributed by atoms with Gasteiger partial charge in [0, 0.05) is 28.5 Å². The topological polar surface area (TPSA) is 54.8 Å². The number of aryl methyl sites for hydroxylation is 1. The lowest BCUT2D eigenvalue weighted by molar-refractivity contribution is 0.427. The number of rotatable bonds is 7. The number of nitrogens with one attached hydrogen (secondary N) is 1. The smallest absolute Gasteiger partial charge is 0.156 e. The molecule has 2 atom stereocenters. The van der Waals surface area contributed by atoms with Gasteiger partial charge in [-0.1, -0.05) is 45.4 Å². The fraction of sp³-hybridized carbons (Fsp3) is 0.500. The van der Waals surface area contributed by atoms with E-state index in [4.69, 9.17) is 11.1 Å². The summed E-state index contributed by atoms with van der Waals surface area (Å²) in [6.45, 7) is 2.28. The standard InChI is InChI=1S/C30H37F2N3/c1-2-19-8-9-20(16-19)10-15-25-27-26(17-22(18-33)29(34)28(27)32)35(24-13-11-23(31)12-14-24)30(25)21-6-4-3-5-7-21/h11-14,17-21,33H,2-10,15-16,34H2,1H3. The Morgan fingerprint density at radius 1 is 1.03 bits per heavy atom. The predicted molar refractivity (Wildman–Crippen MR) is 141 cm³/mol. The number of nitrogen functional groups attached to an aromatic ring is 1. The number of benzene rings is 2. The van der Waals surface area contributed by atoms with Crippen LogP contribution in [-0.4, -0.2) is 10.8 Å². The van der Waals surface area contributed by atoms with Crippen LogP contribution in [0.25, 0.3) is 16.6 Å². The zero-order chi connectivity index (χ0) is 24.5. The lowest BCUT2D eigenvalue weighted by atomic mass is 9.83. The molecule has 3 N–H and O–H groups in total. The lowest BCUT2D eigenvalue weighted by Gasteiger charge is -2.26. The van der Waals surface area contributed by atoms with Crippen LogP contribution in [-0.2, 0) is 6.42 Å². The maximum Gasteiger partial charge on any atom is 0.156 e. The van der Waals surface area contributed by atoms with Crippen LogP contribution in [0.4, 0.5) is 14.5 Å². The first-order chi connectivity index (χ1) is 17.0. The third kappa shape index (κ3) is 4.50. The molecular formula is C30H37F2N3. The van der Waals surface area contributed by atoms with Crippen molar-refractivity contribution in [3.05, 3.63) is 58.8 Å². The van der Waals surface area contributed by atoms with Crippen molar-refractivity contribution >= 4 is 22.8 Å². The van der Waals surface area contributed by atoms with Gasteiger partial charge in [-0.25, -0.2) is 8.78 Å². The monoisotopic (exact) mass is 477 g/mol. The van der Waals surface area contributed by atoms with E-state index in [9.17, 15) is 4.39 Å². The van der Waals surface area contributed by atoms with E-state index in [1.54, 1.807) is 12.1 Å². The summed E-state index contributed by atoms with van der Waals surface area (Å²) in [5.74, 6) is 1.15. The molecule has 0 aliphatic heterocycles. The maximum atomic E-state index is 16.0. The minimum Gasteiger partial charge on any atom is -0.396 e. The van der Waals surface area contributed by atoms with Gasteiger partial charge in [-0.05, 0) is 85.8 Å². The van der Waals surface area contributed by atoms with Crippen LogP contribution in [0.5, 0.6) is 0 Å². The van der Waals surface area contributed by atoms with Crippen molar-refractivity contribution in [3.63, 3.8) is 0 Å². The number of nitrogens with two attached hydrogens (primary N) is 1. The van der Waals surface area contributed by atoms with Crippen LogP contribution < -0.4 is 5.73 Å². The van der Waals surface area contributed by atoms with Crippen molar-refractivity contribution < 1.29 is 8.78 Å². The van der Waals surface area contributed by atoms with E-state index in [-0.39, 0.29) is 11.5 Å². The number of fused-ring (bicyclic) bond motifs is 1. The van der Waals surface area contributed by atoms with Gasteiger partial charge in [0.15, 0.2) is 5.82 Å². The largest absolute Gasteiger partial charge is 0.396 e. The second kappa shape index (κ2) is 10.1. The quantitative estimate of drug-likeness (QED) is 0.261. The summed E-state index contributed by atoms with van der Waals surface area (Å²) in [4.78, 5) is 0.